The molecule has 2 heteroatoms. The maximum absolute atomic E-state index is 9.86. The summed E-state index contributed by atoms with van der Waals surface area (Å²) < 4.78 is 0. The number of nitrogens with one attached hydrogen (secondary N) is 1. The summed E-state index contributed by atoms with van der Waals surface area (Å²) in [5.41, 5.74) is 1.55. The molecule has 0 radical (unpaired) electrons. The van der Waals surface area contributed by atoms with E-state index in [0.717, 1.165) is 5.57 Å². The molecule has 0 spiro atoms. The number of carbonyl (C=O) groups excluding carboxylic acids is 1. The molecule has 0 aliphatic rings. The smallest absolute Gasteiger partial charge is 0.211 e. The molecule has 1 N–H and O–H groups in total. The van der Waals surface area contributed by atoms with Crippen molar-refractivity contribution in [1.29, 1.82) is 0 Å². The second-order valence-electron chi connectivity index (χ2n) is 1.88. The second-order valence-corrected chi connectivity index (χ2v) is 1.88. The number of hydrogen-bond acceptors (Lipinski definition) is 1. The van der Waals surface area contributed by atoms with Crippen molar-refractivity contribution in [2.24, 2.45) is 0 Å². The summed E-state index contributed by atoms with van der Waals surface area (Å²) in [6.07, 6.45) is 4.02. The SMILES string of the molecule is C=C/C(C)=C\C(=C)NC=O. The van der Waals surface area contributed by atoms with Gasteiger partial charge in [-0.1, -0.05) is 19.2 Å². The van der Waals surface area contributed by atoms with Crippen LogP contribution in [0, 0.1) is 0 Å². The summed E-state index contributed by atoms with van der Waals surface area (Å²) >= 11 is 0. The molecule has 0 fully saturated rings. The molecule has 0 aliphatic carbocycles. The van der Waals surface area contributed by atoms with E-state index in [0.29, 0.717) is 12.1 Å². The average Bonchev–Trinajstić information content (AvgIpc) is 1.88. The van der Waals surface area contributed by atoms with Crippen LogP contribution >= 0.6 is 0 Å². The Bertz CT molecular complexity index is 180. The predicted octanol–water partition coefficient (Wildman–Crippen LogP) is 1.38. The maximum atomic E-state index is 9.86. The molecule has 0 saturated heterocycles. The normalized spacial score (nSPS) is 10.3. The van der Waals surface area contributed by atoms with Gasteiger partial charge in [-0.05, 0) is 18.6 Å². The zero-order chi connectivity index (χ0) is 7.98. The van der Waals surface area contributed by atoms with Gasteiger partial charge in [0.25, 0.3) is 0 Å². The quantitative estimate of drug-likeness (QED) is 0.460. The summed E-state index contributed by atoms with van der Waals surface area (Å²) in [7, 11) is 0. The molecule has 0 aromatic heterocycles. The Balaban J connectivity index is 3.98. The molecular weight excluding hydrogens is 126 g/mol. The number of allylic oxidation sites excluding steroid dienone is 3. The van der Waals surface area contributed by atoms with Crippen molar-refractivity contribution in [3.63, 3.8) is 0 Å². The van der Waals surface area contributed by atoms with Crippen LogP contribution < -0.4 is 5.32 Å². The van der Waals surface area contributed by atoms with Crippen LogP contribution in [0.15, 0.2) is 36.6 Å². The molecule has 0 aromatic rings. The summed E-state index contributed by atoms with van der Waals surface area (Å²) in [5.74, 6) is 0. The van der Waals surface area contributed by atoms with Crippen LogP contribution in [-0.4, -0.2) is 6.41 Å². The molecule has 0 saturated carbocycles. The van der Waals surface area contributed by atoms with E-state index in [-0.39, 0.29) is 0 Å². The molecule has 1 amide bonds. The Kier molecular flexibility index (Phi) is 3.96. The van der Waals surface area contributed by atoms with Gasteiger partial charge < -0.3 is 5.32 Å². The minimum atomic E-state index is 0.576. The second kappa shape index (κ2) is 4.56. The molecule has 2 nitrogen and oxygen atoms in total. The van der Waals surface area contributed by atoms with Crippen LogP contribution in [0.2, 0.25) is 0 Å². The first-order valence-corrected chi connectivity index (χ1v) is 2.90. The maximum Gasteiger partial charge on any atom is 0.211 e. The Hall–Kier alpha value is -1.31. The molecule has 0 aliphatic heterocycles. The fourth-order valence-electron chi connectivity index (χ4n) is 0.451. The lowest BCUT2D eigenvalue weighted by atomic mass is 10.2. The minimum Gasteiger partial charge on any atom is -0.329 e. The van der Waals surface area contributed by atoms with Gasteiger partial charge in [-0.3, -0.25) is 4.79 Å². The zero-order valence-corrected chi connectivity index (χ0v) is 6.05. The molecule has 10 heavy (non-hydrogen) atoms. The third-order valence-electron chi connectivity index (χ3n) is 0.968. The predicted molar refractivity (Wildman–Crippen MR) is 42.3 cm³/mol. The fraction of sp³-hybridized carbons (Fsp3) is 0.125. The van der Waals surface area contributed by atoms with E-state index in [1.165, 1.54) is 0 Å². The van der Waals surface area contributed by atoms with Crippen molar-refractivity contribution in [3.05, 3.63) is 36.6 Å². The van der Waals surface area contributed by atoms with E-state index in [1.54, 1.807) is 12.2 Å². The van der Waals surface area contributed by atoms with Gasteiger partial charge in [0.2, 0.25) is 6.41 Å². The van der Waals surface area contributed by atoms with Crippen molar-refractivity contribution in [2.75, 3.05) is 0 Å². The van der Waals surface area contributed by atoms with E-state index in [2.05, 4.69) is 18.5 Å². The lowest BCUT2D eigenvalue weighted by Gasteiger charge is -1.95. The van der Waals surface area contributed by atoms with E-state index in [1.807, 2.05) is 6.92 Å². The summed E-state index contributed by atoms with van der Waals surface area (Å²) in [6.45, 7) is 8.99. The molecule has 0 bridgehead atoms. The third-order valence-corrected chi connectivity index (χ3v) is 0.968. The van der Waals surface area contributed by atoms with Gasteiger partial charge in [-0.25, -0.2) is 0 Å². The Morgan fingerprint density at radius 3 is 2.60 bits per heavy atom. The van der Waals surface area contributed by atoms with Gasteiger partial charge in [0.1, 0.15) is 0 Å². The number of carbonyl (C=O) groups is 1. The van der Waals surface area contributed by atoms with Gasteiger partial charge in [-0.15, -0.1) is 0 Å². The Labute approximate surface area is 60.9 Å². The molecule has 0 unspecified atom stereocenters. The first-order chi connectivity index (χ1) is 4.70. The Morgan fingerprint density at radius 2 is 2.20 bits per heavy atom. The minimum absolute atomic E-state index is 0.576. The van der Waals surface area contributed by atoms with Gasteiger partial charge >= 0.3 is 0 Å². The van der Waals surface area contributed by atoms with Gasteiger partial charge in [-0.2, -0.15) is 0 Å². The molecule has 0 heterocycles. The largest absolute Gasteiger partial charge is 0.329 e. The molecular formula is C8H11NO. The Morgan fingerprint density at radius 1 is 1.60 bits per heavy atom. The lowest BCUT2D eigenvalue weighted by molar-refractivity contribution is -0.108. The monoisotopic (exact) mass is 137 g/mol. The highest BCUT2D eigenvalue weighted by Gasteiger charge is 1.84. The number of amides is 1. The topological polar surface area (TPSA) is 29.1 Å². The summed E-state index contributed by atoms with van der Waals surface area (Å²) in [4.78, 5) is 9.86. The lowest BCUT2D eigenvalue weighted by Crippen LogP contribution is -2.06. The standard InChI is InChI=1S/C8H11NO/c1-4-7(2)5-8(3)9-6-10/h4-6H,1,3H2,2H3,(H,9,10)/b7-5-. The first-order valence-electron chi connectivity index (χ1n) is 2.90. The van der Waals surface area contributed by atoms with Crippen LogP contribution in [0.25, 0.3) is 0 Å². The fourth-order valence-corrected chi connectivity index (χ4v) is 0.451. The highest BCUT2D eigenvalue weighted by Crippen LogP contribution is 1.96. The third kappa shape index (κ3) is 3.66. The van der Waals surface area contributed by atoms with Crippen molar-refractivity contribution in [3.8, 4) is 0 Å². The van der Waals surface area contributed by atoms with Crippen LogP contribution in [0.1, 0.15) is 6.92 Å². The highest BCUT2D eigenvalue weighted by atomic mass is 16.1. The highest BCUT2D eigenvalue weighted by molar-refractivity contribution is 5.51. The van der Waals surface area contributed by atoms with Gasteiger partial charge in [0, 0.05) is 5.70 Å². The zero-order valence-electron chi connectivity index (χ0n) is 6.05. The van der Waals surface area contributed by atoms with Crippen molar-refractivity contribution in [1.82, 2.24) is 5.32 Å². The number of hydrogen-bond donors (Lipinski definition) is 1. The van der Waals surface area contributed by atoms with Crippen LogP contribution in [0.5, 0.6) is 0 Å². The van der Waals surface area contributed by atoms with Gasteiger partial charge in [0.15, 0.2) is 0 Å². The van der Waals surface area contributed by atoms with E-state index in [9.17, 15) is 4.79 Å². The van der Waals surface area contributed by atoms with Gasteiger partial charge in [0.05, 0.1) is 0 Å². The van der Waals surface area contributed by atoms with Crippen molar-refractivity contribution in [2.45, 2.75) is 6.92 Å². The van der Waals surface area contributed by atoms with Crippen molar-refractivity contribution < 1.29 is 4.79 Å². The summed E-state index contributed by atoms with van der Waals surface area (Å²) in [5, 5.41) is 2.41. The first kappa shape index (κ1) is 8.69. The van der Waals surface area contributed by atoms with E-state index < -0.39 is 0 Å². The average molecular weight is 137 g/mol. The van der Waals surface area contributed by atoms with E-state index >= 15 is 0 Å². The van der Waals surface area contributed by atoms with E-state index in [4.69, 9.17) is 0 Å². The van der Waals surface area contributed by atoms with Crippen LogP contribution in [0.3, 0.4) is 0 Å². The molecule has 0 aromatic carbocycles. The molecule has 0 rings (SSSR count). The van der Waals surface area contributed by atoms with Crippen LogP contribution in [-0.2, 0) is 4.79 Å². The molecule has 54 valence electrons. The number of rotatable bonds is 4. The van der Waals surface area contributed by atoms with Crippen LogP contribution in [0.4, 0.5) is 0 Å². The molecule has 0 atom stereocenters. The summed E-state index contributed by atoms with van der Waals surface area (Å²) in [6, 6.07) is 0. The van der Waals surface area contributed by atoms with Crippen molar-refractivity contribution >= 4 is 6.41 Å².